The number of nitrogens with zero attached hydrogens (tertiary/aromatic N) is 4. The molecule has 0 aliphatic heterocycles. The Hall–Kier alpha value is -6.95. The van der Waals surface area contributed by atoms with Crippen LogP contribution in [0.5, 0.6) is 0 Å². The molecule has 0 radical (unpaired) electrons. The van der Waals surface area contributed by atoms with Gasteiger partial charge in [0.15, 0.2) is 11.6 Å². The van der Waals surface area contributed by atoms with Crippen molar-refractivity contribution in [3.63, 3.8) is 0 Å². The van der Waals surface area contributed by atoms with Crippen LogP contribution < -0.4 is 0 Å². The summed E-state index contributed by atoms with van der Waals surface area (Å²) < 4.78 is 4.81. The van der Waals surface area contributed by atoms with E-state index in [2.05, 4.69) is 168 Å². The molecule has 11 aromatic rings. The van der Waals surface area contributed by atoms with Gasteiger partial charge in [0.25, 0.3) is 0 Å². The molecule has 54 heavy (non-hydrogen) atoms. The van der Waals surface area contributed by atoms with Crippen molar-refractivity contribution in [3.8, 4) is 51.0 Å². The molecule has 8 aromatic carbocycles. The average molecular weight is 707 g/mol. The van der Waals surface area contributed by atoms with Crippen LogP contribution in [-0.2, 0) is 0 Å². The second kappa shape index (κ2) is 12.3. The molecule has 0 atom stereocenters. The fourth-order valence-corrected chi connectivity index (χ4v) is 9.22. The van der Waals surface area contributed by atoms with Gasteiger partial charge < -0.3 is 0 Å². The molecule has 0 amide bonds. The standard InChI is InChI=1S/C49H30N4S/c1-2-13-32(14-3-1)47-50-48(52-49(51-47)53-42-24-7-4-20-38(42)39-21-5-8-25-43(39)53)36-19-11-17-34(30-36)33-16-10-18-35(29-33)37-23-12-15-31-27-28-41-40-22-6-9-26-44(40)54-46(41)45(31)37/h1-30H. The van der Waals surface area contributed by atoms with Gasteiger partial charge in [-0.1, -0.05) is 152 Å². The van der Waals surface area contributed by atoms with Crippen LogP contribution in [-0.4, -0.2) is 19.5 Å². The van der Waals surface area contributed by atoms with Crippen molar-refractivity contribution in [2.75, 3.05) is 0 Å². The van der Waals surface area contributed by atoms with Gasteiger partial charge in [0.1, 0.15) is 0 Å². The monoisotopic (exact) mass is 706 g/mol. The zero-order valence-electron chi connectivity index (χ0n) is 29.0. The van der Waals surface area contributed by atoms with Crippen LogP contribution in [0.15, 0.2) is 182 Å². The second-order valence-electron chi connectivity index (χ2n) is 13.6. The normalized spacial score (nSPS) is 11.7. The number of rotatable bonds is 5. The molecule has 252 valence electrons. The van der Waals surface area contributed by atoms with Crippen molar-refractivity contribution in [2.45, 2.75) is 0 Å². The highest BCUT2D eigenvalue weighted by Crippen LogP contribution is 2.43. The third-order valence-electron chi connectivity index (χ3n) is 10.5. The molecule has 0 N–H and O–H groups in total. The first-order chi connectivity index (χ1) is 26.8. The Morgan fingerprint density at radius 3 is 1.72 bits per heavy atom. The number of para-hydroxylation sites is 2. The lowest BCUT2D eigenvalue weighted by atomic mass is 9.94. The molecule has 0 saturated heterocycles. The minimum absolute atomic E-state index is 0.590. The minimum Gasteiger partial charge on any atom is -0.278 e. The number of benzene rings is 8. The lowest BCUT2D eigenvalue weighted by molar-refractivity contribution is 0.953. The maximum absolute atomic E-state index is 5.19. The SMILES string of the molecule is c1ccc(-c2nc(-c3cccc(-c4cccc(-c5cccc6ccc7c8ccccc8sc7c56)c4)c3)nc(-n3c4ccccc4c4ccccc43)n2)cc1. The zero-order chi connectivity index (χ0) is 35.6. The number of aromatic nitrogens is 4. The highest BCUT2D eigenvalue weighted by Gasteiger charge is 2.18. The Labute approximate surface area is 315 Å². The predicted octanol–water partition coefficient (Wildman–Crippen LogP) is 13.2. The summed E-state index contributed by atoms with van der Waals surface area (Å²) in [5, 5.41) is 7.51. The molecule has 0 unspecified atom stereocenters. The van der Waals surface area contributed by atoms with E-state index in [1.165, 1.54) is 42.1 Å². The Morgan fingerprint density at radius 1 is 0.389 bits per heavy atom. The van der Waals surface area contributed by atoms with Gasteiger partial charge in [0.05, 0.1) is 11.0 Å². The molecule has 0 aliphatic rings. The van der Waals surface area contributed by atoms with Gasteiger partial charge in [-0.05, 0) is 58.0 Å². The Bertz CT molecular complexity index is 3180. The first-order valence-electron chi connectivity index (χ1n) is 18.1. The first-order valence-corrected chi connectivity index (χ1v) is 18.9. The van der Waals surface area contributed by atoms with E-state index in [1.807, 2.05) is 29.5 Å². The summed E-state index contributed by atoms with van der Waals surface area (Å²) >= 11 is 1.88. The lowest BCUT2D eigenvalue weighted by Gasteiger charge is -2.12. The maximum atomic E-state index is 5.19. The summed E-state index contributed by atoms with van der Waals surface area (Å²) in [5.41, 5.74) is 8.64. The summed E-state index contributed by atoms with van der Waals surface area (Å²) in [4.78, 5) is 15.4. The van der Waals surface area contributed by atoms with Crippen molar-refractivity contribution in [1.29, 1.82) is 0 Å². The van der Waals surface area contributed by atoms with Crippen LogP contribution >= 0.6 is 11.3 Å². The maximum Gasteiger partial charge on any atom is 0.238 e. The molecule has 0 spiro atoms. The summed E-state index contributed by atoms with van der Waals surface area (Å²) in [5.74, 6) is 1.85. The largest absolute Gasteiger partial charge is 0.278 e. The van der Waals surface area contributed by atoms with E-state index >= 15 is 0 Å². The number of fused-ring (bicyclic) bond motifs is 8. The molecular formula is C49H30N4S. The highest BCUT2D eigenvalue weighted by atomic mass is 32.1. The summed E-state index contributed by atoms with van der Waals surface area (Å²) in [7, 11) is 0. The molecule has 0 bridgehead atoms. The molecule has 3 aromatic heterocycles. The summed E-state index contributed by atoms with van der Waals surface area (Å²) in [6.07, 6.45) is 0. The van der Waals surface area contributed by atoms with E-state index in [0.717, 1.165) is 44.1 Å². The van der Waals surface area contributed by atoms with Crippen molar-refractivity contribution >= 4 is 64.1 Å². The van der Waals surface area contributed by atoms with Gasteiger partial charge in [-0.2, -0.15) is 9.97 Å². The molecule has 4 nitrogen and oxygen atoms in total. The lowest BCUT2D eigenvalue weighted by Crippen LogP contribution is -2.06. The Morgan fingerprint density at radius 2 is 0.963 bits per heavy atom. The van der Waals surface area contributed by atoms with Crippen molar-refractivity contribution in [3.05, 3.63) is 182 Å². The van der Waals surface area contributed by atoms with Gasteiger partial charge in [0.2, 0.25) is 5.95 Å². The predicted molar refractivity (Wildman–Crippen MR) is 226 cm³/mol. The van der Waals surface area contributed by atoms with Gasteiger partial charge in [0, 0.05) is 47.5 Å². The van der Waals surface area contributed by atoms with Crippen LogP contribution in [0.1, 0.15) is 0 Å². The van der Waals surface area contributed by atoms with E-state index in [-0.39, 0.29) is 0 Å². The van der Waals surface area contributed by atoms with Gasteiger partial charge in [-0.15, -0.1) is 11.3 Å². The van der Waals surface area contributed by atoms with E-state index in [4.69, 9.17) is 15.0 Å². The van der Waals surface area contributed by atoms with Gasteiger partial charge >= 0.3 is 0 Å². The summed E-state index contributed by atoms with van der Waals surface area (Å²) in [6, 6.07) is 64.4. The fraction of sp³-hybridized carbons (Fsp3) is 0. The molecule has 0 fully saturated rings. The van der Waals surface area contributed by atoms with Crippen molar-refractivity contribution < 1.29 is 0 Å². The Balaban J connectivity index is 1.06. The topological polar surface area (TPSA) is 43.6 Å². The van der Waals surface area contributed by atoms with E-state index < -0.39 is 0 Å². The highest BCUT2D eigenvalue weighted by molar-refractivity contribution is 7.26. The van der Waals surface area contributed by atoms with Crippen LogP contribution in [0.4, 0.5) is 0 Å². The number of hydrogen-bond donors (Lipinski definition) is 0. The molecule has 11 rings (SSSR count). The van der Waals surface area contributed by atoms with Crippen LogP contribution in [0.25, 0.3) is 104 Å². The molecule has 3 heterocycles. The minimum atomic E-state index is 0.590. The Kier molecular flexibility index (Phi) is 7.00. The van der Waals surface area contributed by atoms with E-state index in [0.29, 0.717) is 17.6 Å². The van der Waals surface area contributed by atoms with E-state index in [1.54, 1.807) is 0 Å². The van der Waals surface area contributed by atoms with Crippen LogP contribution in [0, 0.1) is 0 Å². The molecule has 0 saturated carbocycles. The smallest absolute Gasteiger partial charge is 0.238 e. The van der Waals surface area contributed by atoms with Gasteiger partial charge in [-0.25, -0.2) is 4.98 Å². The van der Waals surface area contributed by atoms with Crippen LogP contribution in [0.3, 0.4) is 0 Å². The number of hydrogen-bond acceptors (Lipinski definition) is 4. The quantitative estimate of drug-likeness (QED) is 0.179. The third kappa shape index (κ3) is 4.94. The first kappa shape index (κ1) is 30.7. The number of thiophene rings is 1. The summed E-state index contributed by atoms with van der Waals surface area (Å²) in [6.45, 7) is 0. The second-order valence-corrected chi connectivity index (χ2v) is 14.7. The average Bonchev–Trinajstić information content (AvgIpc) is 3.80. The van der Waals surface area contributed by atoms with Crippen molar-refractivity contribution in [2.24, 2.45) is 0 Å². The molecule has 5 heteroatoms. The van der Waals surface area contributed by atoms with Crippen molar-refractivity contribution in [1.82, 2.24) is 19.5 Å². The molecular weight excluding hydrogens is 677 g/mol. The van der Waals surface area contributed by atoms with Crippen LogP contribution in [0.2, 0.25) is 0 Å². The zero-order valence-corrected chi connectivity index (χ0v) is 29.8. The van der Waals surface area contributed by atoms with E-state index in [9.17, 15) is 0 Å². The van der Waals surface area contributed by atoms with Gasteiger partial charge in [-0.3, -0.25) is 4.57 Å². The third-order valence-corrected chi connectivity index (χ3v) is 11.7. The fourth-order valence-electron chi connectivity index (χ4n) is 7.95. The molecule has 0 aliphatic carbocycles.